The molecule has 0 radical (unpaired) electrons. The van der Waals surface area contributed by atoms with Gasteiger partial charge in [-0.1, -0.05) is 18.2 Å². The monoisotopic (exact) mass is 478 g/mol. The molecule has 3 amide bonds. The van der Waals surface area contributed by atoms with Crippen LogP contribution in [0.2, 0.25) is 0 Å². The maximum atomic E-state index is 13.4. The number of carbonyl (C=O) groups excluding carboxylic acids is 2. The molecule has 8 nitrogen and oxygen atoms in total. The first-order valence-electron chi connectivity index (χ1n) is 11.6. The van der Waals surface area contributed by atoms with Crippen LogP contribution in [-0.2, 0) is 10.3 Å². The fourth-order valence-corrected chi connectivity index (χ4v) is 6.10. The molecule has 0 unspecified atom stereocenters. The molecule has 1 atom stereocenters. The number of rotatable bonds is 4. The average molecular weight is 479 g/mol. The van der Waals surface area contributed by atoms with E-state index in [1.54, 1.807) is 30.4 Å². The van der Waals surface area contributed by atoms with Crippen molar-refractivity contribution in [3.63, 3.8) is 0 Å². The third kappa shape index (κ3) is 3.59. The first-order valence-corrected chi connectivity index (χ1v) is 12.4. The predicted octanol–water partition coefficient (Wildman–Crippen LogP) is 3.67. The molecule has 3 aromatic rings. The van der Waals surface area contributed by atoms with Crippen molar-refractivity contribution < 1.29 is 19.1 Å². The van der Waals surface area contributed by atoms with Gasteiger partial charge in [0.1, 0.15) is 18.8 Å². The molecule has 9 heteroatoms. The number of nitrogens with zero attached hydrogens (tertiary/aromatic N) is 3. The van der Waals surface area contributed by atoms with E-state index in [-0.39, 0.29) is 18.6 Å². The lowest BCUT2D eigenvalue weighted by Crippen LogP contribution is -2.46. The zero-order valence-electron chi connectivity index (χ0n) is 19.0. The Morgan fingerprint density at radius 1 is 1.09 bits per heavy atom. The number of benzene rings is 2. The number of hydrogen-bond acceptors (Lipinski definition) is 7. The van der Waals surface area contributed by atoms with Gasteiger partial charge in [-0.3, -0.25) is 9.69 Å². The van der Waals surface area contributed by atoms with Crippen LogP contribution in [0.5, 0.6) is 11.5 Å². The third-order valence-electron chi connectivity index (χ3n) is 6.98. The number of carbonyl (C=O) groups is 2. The molecule has 176 valence electrons. The van der Waals surface area contributed by atoms with Gasteiger partial charge in [0.2, 0.25) is 0 Å². The highest BCUT2D eigenvalue weighted by Crippen LogP contribution is 2.38. The lowest BCUT2D eigenvalue weighted by Gasteiger charge is -2.33. The smallest absolute Gasteiger partial charge is 0.326 e. The van der Waals surface area contributed by atoms with Crippen molar-refractivity contribution in [2.75, 3.05) is 33.0 Å². The maximum absolute atomic E-state index is 13.4. The number of aromatic nitrogens is 1. The van der Waals surface area contributed by atoms with Crippen LogP contribution >= 0.6 is 11.3 Å². The zero-order valence-corrected chi connectivity index (χ0v) is 19.8. The van der Waals surface area contributed by atoms with Gasteiger partial charge in [-0.2, -0.15) is 0 Å². The van der Waals surface area contributed by atoms with Crippen molar-refractivity contribution in [1.29, 1.82) is 0 Å². The molecule has 3 aliphatic rings. The Kier molecular flexibility index (Phi) is 5.18. The molecule has 0 bridgehead atoms. The number of thiazole rings is 1. The number of para-hydroxylation sites is 1. The first kappa shape index (κ1) is 21.4. The van der Waals surface area contributed by atoms with E-state index in [4.69, 9.17) is 14.5 Å². The van der Waals surface area contributed by atoms with E-state index in [1.807, 2.05) is 18.2 Å². The molecular weight excluding hydrogens is 452 g/mol. The SMILES string of the molecule is C[C@@]1(c2ccc3c(c2)OCCO3)NC(=O)N(CN2CCC(c3nc4ccccc4s3)CC2)C1=O. The van der Waals surface area contributed by atoms with Crippen LogP contribution in [-0.4, -0.2) is 59.7 Å². The Morgan fingerprint density at radius 2 is 1.85 bits per heavy atom. The average Bonchev–Trinajstić information content (AvgIpc) is 3.39. The number of hydrogen-bond donors (Lipinski definition) is 1. The summed E-state index contributed by atoms with van der Waals surface area (Å²) in [6.45, 7) is 4.64. The van der Waals surface area contributed by atoms with Gasteiger partial charge in [0.15, 0.2) is 11.5 Å². The molecule has 2 saturated heterocycles. The van der Waals surface area contributed by atoms with Gasteiger partial charge in [0, 0.05) is 19.0 Å². The number of likely N-dealkylation sites (tertiary alicyclic amines) is 1. The fraction of sp³-hybridized carbons (Fsp3) is 0.400. The quantitative estimate of drug-likeness (QED) is 0.576. The summed E-state index contributed by atoms with van der Waals surface area (Å²) < 4.78 is 12.5. The van der Waals surface area contributed by atoms with E-state index in [0.717, 1.165) is 31.4 Å². The van der Waals surface area contributed by atoms with Gasteiger partial charge in [0.25, 0.3) is 5.91 Å². The zero-order chi connectivity index (χ0) is 23.3. The number of imide groups is 1. The van der Waals surface area contributed by atoms with Crippen molar-refractivity contribution in [2.24, 2.45) is 0 Å². The number of urea groups is 1. The van der Waals surface area contributed by atoms with Crippen molar-refractivity contribution in [2.45, 2.75) is 31.2 Å². The van der Waals surface area contributed by atoms with Crippen molar-refractivity contribution in [3.05, 3.63) is 53.0 Å². The minimum Gasteiger partial charge on any atom is -0.486 e. The molecule has 2 aromatic carbocycles. The lowest BCUT2D eigenvalue weighted by atomic mass is 9.91. The number of amides is 3. The van der Waals surface area contributed by atoms with Crippen LogP contribution in [0.1, 0.15) is 36.3 Å². The van der Waals surface area contributed by atoms with E-state index in [0.29, 0.717) is 36.2 Å². The number of fused-ring (bicyclic) bond motifs is 2. The van der Waals surface area contributed by atoms with Crippen LogP contribution < -0.4 is 14.8 Å². The third-order valence-corrected chi connectivity index (χ3v) is 8.18. The topological polar surface area (TPSA) is 84.0 Å². The summed E-state index contributed by atoms with van der Waals surface area (Å²) in [6, 6.07) is 13.3. The molecule has 4 heterocycles. The fourth-order valence-electron chi connectivity index (χ4n) is 4.96. The van der Waals surface area contributed by atoms with E-state index in [2.05, 4.69) is 22.3 Å². The maximum Gasteiger partial charge on any atom is 0.326 e. The predicted molar refractivity (Wildman–Crippen MR) is 128 cm³/mol. The van der Waals surface area contributed by atoms with Crippen molar-refractivity contribution in [3.8, 4) is 11.5 Å². The second-order valence-corrected chi connectivity index (χ2v) is 10.3. The Labute approximate surface area is 201 Å². The summed E-state index contributed by atoms with van der Waals surface area (Å²) in [5.74, 6) is 1.42. The molecule has 3 aliphatic heterocycles. The first-order chi connectivity index (χ1) is 16.5. The van der Waals surface area contributed by atoms with Crippen LogP contribution in [0.15, 0.2) is 42.5 Å². The van der Waals surface area contributed by atoms with E-state index >= 15 is 0 Å². The van der Waals surface area contributed by atoms with Gasteiger partial charge in [-0.05, 0) is 49.6 Å². The lowest BCUT2D eigenvalue weighted by molar-refractivity contribution is -0.132. The van der Waals surface area contributed by atoms with Crippen molar-refractivity contribution >= 4 is 33.5 Å². The van der Waals surface area contributed by atoms with Gasteiger partial charge < -0.3 is 14.8 Å². The highest BCUT2D eigenvalue weighted by atomic mass is 32.1. The molecule has 6 rings (SSSR count). The van der Waals surface area contributed by atoms with E-state index in [9.17, 15) is 9.59 Å². The number of ether oxygens (including phenoxy) is 2. The van der Waals surface area contributed by atoms with E-state index in [1.165, 1.54) is 14.6 Å². The summed E-state index contributed by atoms with van der Waals surface area (Å²) in [5, 5.41) is 4.08. The van der Waals surface area contributed by atoms with Gasteiger partial charge >= 0.3 is 6.03 Å². The Hall–Kier alpha value is -3.17. The van der Waals surface area contributed by atoms with Crippen molar-refractivity contribution in [1.82, 2.24) is 20.1 Å². The normalized spacial score (nSPS) is 23.5. The Balaban J connectivity index is 1.13. The highest BCUT2D eigenvalue weighted by Gasteiger charge is 2.49. The highest BCUT2D eigenvalue weighted by molar-refractivity contribution is 7.18. The van der Waals surface area contributed by atoms with Crippen LogP contribution in [0, 0.1) is 0 Å². The van der Waals surface area contributed by atoms with Gasteiger partial charge in [0.05, 0.1) is 21.9 Å². The Morgan fingerprint density at radius 3 is 2.65 bits per heavy atom. The molecule has 34 heavy (non-hydrogen) atoms. The minimum absolute atomic E-state index is 0.248. The second kappa shape index (κ2) is 8.25. The summed E-state index contributed by atoms with van der Waals surface area (Å²) in [6.07, 6.45) is 1.92. The van der Waals surface area contributed by atoms with Gasteiger partial charge in [-0.15, -0.1) is 11.3 Å². The molecule has 0 aliphatic carbocycles. The summed E-state index contributed by atoms with van der Waals surface area (Å²) >= 11 is 1.77. The summed E-state index contributed by atoms with van der Waals surface area (Å²) in [5.41, 5.74) is 0.613. The van der Waals surface area contributed by atoms with E-state index < -0.39 is 5.54 Å². The molecular formula is C25H26N4O4S. The van der Waals surface area contributed by atoms with Gasteiger partial charge in [-0.25, -0.2) is 14.7 Å². The van der Waals surface area contributed by atoms with Crippen LogP contribution in [0.4, 0.5) is 4.79 Å². The number of piperidine rings is 1. The molecule has 0 saturated carbocycles. The molecule has 1 aromatic heterocycles. The molecule has 0 spiro atoms. The summed E-state index contributed by atoms with van der Waals surface area (Å²) in [7, 11) is 0. The Bertz CT molecular complexity index is 1240. The molecule has 1 N–H and O–H groups in total. The minimum atomic E-state index is -1.13. The number of nitrogens with one attached hydrogen (secondary N) is 1. The second-order valence-electron chi connectivity index (χ2n) is 9.20. The largest absolute Gasteiger partial charge is 0.486 e. The standard InChI is InChI=1S/C25H26N4O4S/c1-25(17-6-7-19-20(14-17)33-13-12-32-19)23(30)29(24(31)27-25)15-28-10-8-16(9-11-28)22-26-18-4-2-3-5-21(18)34-22/h2-7,14,16H,8-13,15H2,1H3,(H,27,31)/t25-/m0/s1. The van der Waals surface area contributed by atoms with Crippen LogP contribution in [0.3, 0.4) is 0 Å². The summed E-state index contributed by atoms with van der Waals surface area (Å²) in [4.78, 5) is 34.6. The van der Waals surface area contributed by atoms with Crippen LogP contribution in [0.25, 0.3) is 10.2 Å². The molecule has 2 fully saturated rings.